The molecule has 1 N–H and O–H groups in total. The largest absolute Gasteiger partial charge is 0.368 e. The second-order valence-electron chi connectivity index (χ2n) is 5.67. The van der Waals surface area contributed by atoms with Crippen LogP contribution < -0.4 is 5.32 Å². The van der Waals surface area contributed by atoms with E-state index in [0.717, 1.165) is 23.8 Å². The van der Waals surface area contributed by atoms with E-state index < -0.39 is 0 Å². The van der Waals surface area contributed by atoms with E-state index in [2.05, 4.69) is 22.2 Å². The number of nitrogens with one attached hydrogen (secondary N) is 1. The fourth-order valence-corrected chi connectivity index (χ4v) is 2.58. The molecule has 1 aromatic heterocycles. The molecular weight excluding hydrogens is 210 g/mol. The van der Waals surface area contributed by atoms with Gasteiger partial charge < -0.3 is 5.32 Å². The van der Waals surface area contributed by atoms with Crippen LogP contribution in [-0.2, 0) is 0 Å². The average molecular weight is 233 g/mol. The second kappa shape index (κ2) is 5.03. The van der Waals surface area contributed by atoms with Crippen LogP contribution in [0.1, 0.15) is 50.4 Å². The van der Waals surface area contributed by atoms with Gasteiger partial charge in [0.05, 0.1) is 11.4 Å². The predicted molar refractivity (Wildman–Crippen MR) is 71.2 cm³/mol. The zero-order valence-electron chi connectivity index (χ0n) is 11.2. The van der Waals surface area contributed by atoms with Gasteiger partial charge in [-0.25, -0.2) is 4.98 Å². The Bertz CT molecular complexity index is 381. The highest BCUT2D eigenvalue weighted by Gasteiger charge is 2.26. The molecule has 3 nitrogen and oxygen atoms in total. The third-order valence-electron chi connectivity index (χ3n) is 3.82. The fraction of sp³-hybridized carbons (Fsp3) is 0.714. The molecule has 1 aliphatic carbocycles. The Kier molecular flexibility index (Phi) is 3.65. The van der Waals surface area contributed by atoms with Crippen molar-refractivity contribution in [3.8, 4) is 0 Å². The standard InChI is InChI=1S/C14H23N3/c1-11-9-15-12(2)13(17-11)16-10-14(3)7-5-4-6-8-14/h9H,4-8,10H2,1-3H3,(H,16,17). The molecule has 0 radical (unpaired) electrons. The number of hydrogen-bond acceptors (Lipinski definition) is 3. The van der Waals surface area contributed by atoms with E-state index in [4.69, 9.17) is 0 Å². The van der Waals surface area contributed by atoms with Gasteiger partial charge in [0, 0.05) is 12.7 Å². The van der Waals surface area contributed by atoms with Crippen LogP contribution in [0.4, 0.5) is 5.82 Å². The van der Waals surface area contributed by atoms with Gasteiger partial charge in [0.15, 0.2) is 0 Å². The molecule has 1 aliphatic rings. The summed E-state index contributed by atoms with van der Waals surface area (Å²) >= 11 is 0. The van der Waals surface area contributed by atoms with Gasteiger partial charge in [-0.2, -0.15) is 0 Å². The van der Waals surface area contributed by atoms with E-state index in [-0.39, 0.29) is 0 Å². The average Bonchev–Trinajstić information content (AvgIpc) is 2.31. The van der Waals surface area contributed by atoms with Crippen molar-refractivity contribution in [1.82, 2.24) is 9.97 Å². The van der Waals surface area contributed by atoms with Crippen molar-refractivity contribution >= 4 is 5.82 Å². The molecule has 1 fully saturated rings. The molecule has 0 amide bonds. The molecule has 0 saturated heterocycles. The second-order valence-corrected chi connectivity index (χ2v) is 5.67. The number of aryl methyl sites for hydroxylation is 2. The normalized spacial score (nSPS) is 19.0. The van der Waals surface area contributed by atoms with Crippen molar-refractivity contribution in [1.29, 1.82) is 0 Å². The van der Waals surface area contributed by atoms with Crippen LogP contribution in [0.25, 0.3) is 0 Å². The summed E-state index contributed by atoms with van der Waals surface area (Å²) in [5.41, 5.74) is 2.41. The molecule has 17 heavy (non-hydrogen) atoms. The van der Waals surface area contributed by atoms with Crippen molar-refractivity contribution in [3.05, 3.63) is 17.6 Å². The molecule has 3 heteroatoms. The Morgan fingerprint density at radius 3 is 2.65 bits per heavy atom. The molecule has 0 bridgehead atoms. The van der Waals surface area contributed by atoms with Crippen LogP contribution in [0.15, 0.2) is 6.20 Å². The van der Waals surface area contributed by atoms with Crippen molar-refractivity contribution < 1.29 is 0 Å². The van der Waals surface area contributed by atoms with Gasteiger partial charge in [-0.15, -0.1) is 0 Å². The first-order valence-electron chi connectivity index (χ1n) is 6.63. The monoisotopic (exact) mass is 233 g/mol. The molecule has 0 aliphatic heterocycles. The van der Waals surface area contributed by atoms with Gasteiger partial charge in [0.25, 0.3) is 0 Å². The van der Waals surface area contributed by atoms with Crippen molar-refractivity contribution in [2.24, 2.45) is 5.41 Å². The van der Waals surface area contributed by atoms with Gasteiger partial charge in [0.2, 0.25) is 0 Å². The Morgan fingerprint density at radius 1 is 1.24 bits per heavy atom. The SMILES string of the molecule is Cc1cnc(C)c(NCC2(C)CCCCC2)n1. The maximum absolute atomic E-state index is 4.51. The maximum atomic E-state index is 4.51. The summed E-state index contributed by atoms with van der Waals surface area (Å²) in [7, 11) is 0. The van der Waals surface area contributed by atoms with E-state index >= 15 is 0 Å². The summed E-state index contributed by atoms with van der Waals surface area (Å²) in [6, 6.07) is 0. The highest BCUT2D eigenvalue weighted by molar-refractivity contribution is 5.39. The maximum Gasteiger partial charge on any atom is 0.147 e. The molecule has 0 unspecified atom stereocenters. The summed E-state index contributed by atoms with van der Waals surface area (Å²) in [5.74, 6) is 0.955. The lowest BCUT2D eigenvalue weighted by molar-refractivity contribution is 0.233. The van der Waals surface area contributed by atoms with Crippen LogP contribution in [0.2, 0.25) is 0 Å². The summed E-state index contributed by atoms with van der Waals surface area (Å²) in [6.07, 6.45) is 8.63. The van der Waals surface area contributed by atoms with Crippen molar-refractivity contribution in [2.45, 2.75) is 52.9 Å². The highest BCUT2D eigenvalue weighted by atomic mass is 15.0. The molecule has 0 atom stereocenters. The third kappa shape index (κ3) is 3.18. The van der Waals surface area contributed by atoms with Crippen LogP contribution >= 0.6 is 0 Å². The Hall–Kier alpha value is -1.12. The van der Waals surface area contributed by atoms with E-state index in [1.807, 2.05) is 20.0 Å². The summed E-state index contributed by atoms with van der Waals surface area (Å²) in [5, 5.41) is 3.49. The van der Waals surface area contributed by atoms with E-state index in [9.17, 15) is 0 Å². The molecule has 2 rings (SSSR count). The first-order valence-corrected chi connectivity index (χ1v) is 6.63. The minimum atomic E-state index is 0.441. The van der Waals surface area contributed by atoms with Crippen LogP contribution in [-0.4, -0.2) is 16.5 Å². The molecule has 0 aromatic carbocycles. The molecule has 1 heterocycles. The van der Waals surface area contributed by atoms with Gasteiger partial charge in [0.1, 0.15) is 5.82 Å². The first-order chi connectivity index (χ1) is 8.09. The topological polar surface area (TPSA) is 37.8 Å². The molecule has 1 aromatic rings. The van der Waals surface area contributed by atoms with Gasteiger partial charge in [-0.05, 0) is 32.1 Å². The van der Waals surface area contributed by atoms with Gasteiger partial charge in [-0.3, -0.25) is 4.98 Å². The van der Waals surface area contributed by atoms with Crippen molar-refractivity contribution in [2.75, 3.05) is 11.9 Å². The zero-order chi connectivity index (χ0) is 12.3. The lowest BCUT2D eigenvalue weighted by atomic mass is 9.76. The number of rotatable bonds is 3. The number of aromatic nitrogens is 2. The molecule has 94 valence electrons. The molecule has 0 spiro atoms. The number of nitrogens with zero attached hydrogens (tertiary/aromatic N) is 2. The predicted octanol–water partition coefficient (Wildman–Crippen LogP) is 3.48. The Morgan fingerprint density at radius 2 is 1.94 bits per heavy atom. The summed E-state index contributed by atoms with van der Waals surface area (Å²) in [6.45, 7) is 7.40. The Balaban J connectivity index is 1.99. The summed E-state index contributed by atoms with van der Waals surface area (Å²) in [4.78, 5) is 8.85. The molecular formula is C14H23N3. The van der Waals surface area contributed by atoms with E-state index in [1.54, 1.807) is 0 Å². The van der Waals surface area contributed by atoms with Crippen LogP contribution in [0, 0.1) is 19.3 Å². The van der Waals surface area contributed by atoms with Crippen LogP contribution in [0.5, 0.6) is 0 Å². The lowest BCUT2D eigenvalue weighted by Gasteiger charge is -2.34. The minimum Gasteiger partial charge on any atom is -0.368 e. The van der Waals surface area contributed by atoms with Crippen LogP contribution in [0.3, 0.4) is 0 Å². The smallest absolute Gasteiger partial charge is 0.147 e. The highest BCUT2D eigenvalue weighted by Crippen LogP contribution is 2.35. The van der Waals surface area contributed by atoms with E-state index in [1.165, 1.54) is 32.1 Å². The van der Waals surface area contributed by atoms with Gasteiger partial charge >= 0.3 is 0 Å². The van der Waals surface area contributed by atoms with Crippen molar-refractivity contribution in [3.63, 3.8) is 0 Å². The zero-order valence-corrected chi connectivity index (χ0v) is 11.2. The van der Waals surface area contributed by atoms with E-state index in [0.29, 0.717) is 5.41 Å². The lowest BCUT2D eigenvalue weighted by Crippen LogP contribution is -2.29. The Labute approximate surface area is 104 Å². The molecule has 1 saturated carbocycles. The fourth-order valence-electron chi connectivity index (χ4n) is 2.58. The third-order valence-corrected chi connectivity index (χ3v) is 3.82. The first kappa shape index (κ1) is 12.3. The summed E-state index contributed by atoms with van der Waals surface area (Å²) < 4.78 is 0. The van der Waals surface area contributed by atoms with Gasteiger partial charge in [-0.1, -0.05) is 26.2 Å². The minimum absolute atomic E-state index is 0.441. The number of hydrogen-bond donors (Lipinski definition) is 1. The quantitative estimate of drug-likeness (QED) is 0.868. The number of anilines is 1.